The van der Waals surface area contributed by atoms with E-state index in [4.69, 9.17) is 9.47 Å². The van der Waals surface area contributed by atoms with Crippen LogP contribution >= 0.6 is 0 Å². The standard InChI is InChI=1S/C23H31N3O3/c1-4-28-22-12-7-17(18-6-5-16(2)25-14-18)13-19(22)15-26-20-8-10-21(11-9-20)29-23(27)24-3/h5-7,12-14,20-21,26H,4,8-11,15H2,1-3H3,(H,24,27). The lowest BCUT2D eigenvalue weighted by atomic mass is 9.92. The molecule has 1 aliphatic carbocycles. The van der Waals surface area contributed by atoms with Crippen molar-refractivity contribution >= 4 is 6.09 Å². The number of pyridine rings is 1. The fourth-order valence-corrected chi connectivity index (χ4v) is 3.68. The number of benzene rings is 1. The summed E-state index contributed by atoms with van der Waals surface area (Å²) in [6.07, 6.45) is 5.35. The van der Waals surface area contributed by atoms with Crippen LogP contribution in [0.15, 0.2) is 36.5 Å². The summed E-state index contributed by atoms with van der Waals surface area (Å²) in [6, 6.07) is 10.9. The molecule has 6 nitrogen and oxygen atoms in total. The van der Waals surface area contributed by atoms with Gasteiger partial charge < -0.3 is 20.1 Å². The third kappa shape index (κ3) is 5.94. The number of aromatic nitrogens is 1. The number of hydrogen-bond acceptors (Lipinski definition) is 5. The van der Waals surface area contributed by atoms with Crippen LogP contribution in [-0.4, -0.2) is 36.9 Å². The summed E-state index contributed by atoms with van der Waals surface area (Å²) in [6.45, 7) is 5.38. The monoisotopic (exact) mass is 397 g/mol. The Morgan fingerprint density at radius 1 is 1.14 bits per heavy atom. The van der Waals surface area contributed by atoms with E-state index in [9.17, 15) is 4.79 Å². The van der Waals surface area contributed by atoms with Gasteiger partial charge in [-0.15, -0.1) is 0 Å². The Morgan fingerprint density at radius 3 is 2.55 bits per heavy atom. The molecule has 0 bridgehead atoms. The number of carbonyl (C=O) groups excluding carboxylic acids is 1. The van der Waals surface area contributed by atoms with E-state index in [1.165, 1.54) is 0 Å². The quantitative estimate of drug-likeness (QED) is 0.732. The first-order chi connectivity index (χ1) is 14.1. The molecule has 1 aromatic carbocycles. The van der Waals surface area contributed by atoms with Gasteiger partial charge in [-0.05, 0) is 63.3 Å². The van der Waals surface area contributed by atoms with Crippen molar-refractivity contribution in [1.82, 2.24) is 15.6 Å². The average Bonchev–Trinajstić information content (AvgIpc) is 2.74. The van der Waals surface area contributed by atoms with Gasteiger partial charge in [-0.1, -0.05) is 12.1 Å². The van der Waals surface area contributed by atoms with Gasteiger partial charge in [0.2, 0.25) is 0 Å². The number of alkyl carbamates (subject to hydrolysis) is 1. The van der Waals surface area contributed by atoms with E-state index in [1.807, 2.05) is 32.2 Å². The Hall–Kier alpha value is -2.60. The van der Waals surface area contributed by atoms with E-state index in [0.717, 1.165) is 60.4 Å². The minimum Gasteiger partial charge on any atom is -0.494 e. The van der Waals surface area contributed by atoms with Gasteiger partial charge >= 0.3 is 6.09 Å². The molecule has 1 fully saturated rings. The van der Waals surface area contributed by atoms with E-state index < -0.39 is 0 Å². The van der Waals surface area contributed by atoms with Crippen LogP contribution in [-0.2, 0) is 11.3 Å². The molecule has 1 aliphatic rings. The van der Waals surface area contributed by atoms with Crippen molar-refractivity contribution in [2.75, 3.05) is 13.7 Å². The fourth-order valence-electron chi connectivity index (χ4n) is 3.68. The van der Waals surface area contributed by atoms with Crippen molar-refractivity contribution in [1.29, 1.82) is 0 Å². The zero-order valence-electron chi connectivity index (χ0n) is 17.5. The van der Waals surface area contributed by atoms with Gasteiger partial charge in [0.25, 0.3) is 0 Å². The van der Waals surface area contributed by atoms with Crippen LogP contribution in [0.25, 0.3) is 11.1 Å². The van der Waals surface area contributed by atoms with Gasteiger partial charge in [-0.2, -0.15) is 0 Å². The number of amides is 1. The predicted octanol–water partition coefficient (Wildman–Crippen LogP) is 4.21. The molecule has 156 valence electrons. The maximum atomic E-state index is 11.4. The first-order valence-corrected chi connectivity index (χ1v) is 10.4. The molecule has 1 amide bonds. The van der Waals surface area contributed by atoms with Crippen LogP contribution in [0.4, 0.5) is 4.79 Å². The summed E-state index contributed by atoms with van der Waals surface area (Å²) < 4.78 is 11.2. The number of ether oxygens (including phenoxy) is 2. The molecular formula is C23H31N3O3. The Kier molecular flexibility index (Phi) is 7.47. The van der Waals surface area contributed by atoms with Crippen LogP contribution in [0.2, 0.25) is 0 Å². The lowest BCUT2D eigenvalue weighted by molar-refractivity contribution is 0.0701. The molecule has 0 spiro atoms. The highest BCUT2D eigenvalue weighted by atomic mass is 16.6. The van der Waals surface area contributed by atoms with Crippen LogP contribution in [0, 0.1) is 6.92 Å². The molecule has 2 N–H and O–H groups in total. The highest BCUT2D eigenvalue weighted by Crippen LogP contribution is 2.28. The van der Waals surface area contributed by atoms with Crippen molar-refractivity contribution in [3.8, 4) is 16.9 Å². The summed E-state index contributed by atoms with van der Waals surface area (Å²) in [7, 11) is 1.59. The number of rotatable bonds is 7. The van der Waals surface area contributed by atoms with Crippen LogP contribution in [0.5, 0.6) is 5.75 Å². The molecule has 0 saturated heterocycles. The molecule has 0 atom stereocenters. The number of aryl methyl sites for hydroxylation is 1. The molecule has 0 unspecified atom stereocenters. The number of hydrogen-bond donors (Lipinski definition) is 2. The SMILES string of the molecule is CCOc1ccc(-c2ccc(C)nc2)cc1CNC1CCC(OC(=O)NC)CC1. The van der Waals surface area contributed by atoms with Crippen molar-refractivity contribution in [2.45, 2.75) is 58.2 Å². The predicted molar refractivity (Wildman–Crippen MR) is 114 cm³/mol. The number of nitrogens with zero attached hydrogens (tertiary/aromatic N) is 1. The minimum absolute atomic E-state index is 0.0179. The van der Waals surface area contributed by atoms with Crippen molar-refractivity contribution in [3.05, 3.63) is 47.8 Å². The molecule has 1 heterocycles. The van der Waals surface area contributed by atoms with Gasteiger partial charge in [-0.3, -0.25) is 4.98 Å². The number of nitrogens with one attached hydrogen (secondary N) is 2. The van der Waals surface area contributed by atoms with E-state index >= 15 is 0 Å². The van der Waals surface area contributed by atoms with E-state index in [0.29, 0.717) is 12.6 Å². The van der Waals surface area contributed by atoms with Crippen LogP contribution < -0.4 is 15.4 Å². The highest BCUT2D eigenvalue weighted by Gasteiger charge is 2.23. The summed E-state index contributed by atoms with van der Waals surface area (Å²) in [5.41, 5.74) is 4.40. The van der Waals surface area contributed by atoms with Gasteiger partial charge in [-0.25, -0.2) is 4.79 Å². The summed E-state index contributed by atoms with van der Waals surface area (Å²) in [4.78, 5) is 15.8. The second-order valence-corrected chi connectivity index (χ2v) is 7.45. The molecule has 0 aliphatic heterocycles. The van der Waals surface area contributed by atoms with Crippen molar-refractivity contribution in [2.24, 2.45) is 0 Å². The number of carbonyl (C=O) groups is 1. The second kappa shape index (κ2) is 10.3. The summed E-state index contributed by atoms with van der Waals surface area (Å²) in [5.74, 6) is 0.917. The molecule has 3 rings (SSSR count). The molecule has 6 heteroatoms. The Bertz CT molecular complexity index is 800. The fraction of sp³-hybridized carbons (Fsp3) is 0.478. The van der Waals surface area contributed by atoms with E-state index in [2.05, 4.69) is 33.8 Å². The molecule has 2 aromatic rings. The Balaban J connectivity index is 1.62. The zero-order valence-corrected chi connectivity index (χ0v) is 17.5. The van der Waals surface area contributed by atoms with Crippen molar-refractivity contribution < 1.29 is 14.3 Å². The first-order valence-electron chi connectivity index (χ1n) is 10.4. The van der Waals surface area contributed by atoms with Gasteiger partial charge in [0.1, 0.15) is 11.9 Å². The second-order valence-electron chi connectivity index (χ2n) is 7.45. The summed E-state index contributed by atoms with van der Waals surface area (Å²) >= 11 is 0. The maximum absolute atomic E-state index is 11.4. The van der Waals surface area contributed by atoms with E-state index in [1.54, 1.807) is 7.05 Å². The highest BCUT2D eigenvalue weighted by molar-refractivity contribution is 5.67. The molecule has 1 saturated carbocycles. The minimum atomic E-state index is -0.342. The Morgan fingerprint density at radius 2 is 1.90 bits per heavy atom. The van der Waals surface area contributed by atoms with Crippen molar-refractivity contribution in [3.63, 3.8) is 0 Å². The topological polar surface area (TPSA) is 72.5 Å². The van der Waals surface area contributed by atoms with Gasteiger partial charge in [0.15, 0.2) is 0 Å². The first kappa shape index (κ1) is 21.1. The van der Waals surface area contributed by atoms with Gasteiger partial charge in [0, 0.05) is 42.7 Å². The molecule has 1 aromatic heterocycles. The smallest absolute Gasteiger partial charge is 0.407 e. The Labute approximate surface area is 173 Å². The van der Waals surface area contributed by atoms with E-state index in [-0.39, 0.29) is 12.2 Å². The zero-order chi connectivity index (χ0) is 20.6. The normalized spacial score (nSPS) is 18.9. The molecule has 0 radical (unpaired) electrons. The molecular weight excluding hydrogens is 366 g/mol. The molecule has 29 heavy (non-hydrogen) atoms. The largest absolute Gasteiger partial charge is 0.494 e. The lowest BCUT2D eigenvalue weighted by Gasteiger charge is -2.29. The van der Waals surface area contributed by atoms with Crippen LogP contribution in [0.1, 0.15) is 43.9 Å². The lowest BCUT2D eigenvalue weighted by Crippen LogP contribution is -2.36. The maximum Gasteiger partial charge on any atom is 0.407 e. The summed E-state index contributed by atoms with van der Waals surface area (Å²) in [5, 5.41) is 6.18. The van der Waals surface area contributed by atoms with Gasteiger partial charge in [0.05, 0.1) is 6.61 Å². The third-order valence-corrected chi connectivity index (χ3v) is 5.34. The van der Waals surface area contributed by atoms with Crippen LogP contribution in [0.3, 0.4) is 0 Å². The third-order valence-electron chi connectivity index (χ3n) is 5.34. The average molecular weight is 398 g/mol.